The summed E-state index contributed by atoms with van der Waals surface area (Å²) in [4.78, 5) is 10.6. The van der Waals surface area contributed by atoms with Crippen LogP contribution in [0, 0.1) is 5.41 Å². The van der Waals surface area contributed by atoms with Gasteiger partial charge < -0.3 is 4.90 Å². The van der Waals surface area contributed by atoms with Gasteiger partial charge in [0.1, 0.15) is 11.0 Å². The summed E-state index contributed by atoms with van der Waals surface area (Å²) in [5.74, 6) is 0.941. The average molecular weight is 226 g/mol. The van der Waals surface area contributed by atoms with E-state index >= 15 is 0 Å². The lowest BCUT2D eigenvalue weighted by Crippen LogP contribution is -2.25. The molecular formula is C11H16ClN3. The van der Waals surface area contributed by atoms with Gasteiger partial charge in [-0.1, -0.05) is 25.4 Å². The van der Waals surface area contributed by atoms with Crippen molar-refractivity contribution in [3.8, 4) is 0 Å². The molecule has 0 aromatic carbocycles. The molecule has 1 aromatic rings. The molecule has 15 heavy (non-hydrogen) atoms. The Morgan fingerprint density at radius 3 is 2.80 bits per heavy atom. The van der Waals surface area contributed by atoms with E-state index in [0.717, 1.165) is 18.9 Å². The van der Waals surface area contributed by atoms with E-state index in [0.29, 0.717) is 10.6 Å². The lowest BCUT2D eigenvalue weighted by atomic mass is 9.87. The Hall–Kier alpha value is -0.830. The fourth-order valence-electron chi connectivity index (χ4n) is 1.98. The molecule has 1 aliphatic heterocycles. The first kappa shape index (κ1) is 10.7. The normalized spacial score (nSPS) is 25.9. The molecule has 1 aromatic heterocycles. The van der Waals surface area contributed by atoms with Crippen LogP contribution in [0.3, 0.4) is 0 Å². The zero-order valence-electron chi connectivity index (χ0n) is 9.20. The van der Waals surface area contributed by atoms with Crippen molar-refractivity contribution < 1.29 is 0 Å². The molecule has 0 saturated carbocycles. The third-order valence-corrected chi connectivity index (χ3v) is 3.54. The van der Waals surface area contributed by atoms with Crippen molar-refractivity contribution in [2.45, 2.75) is 26.7 Å². The largest absolute Gasteiger partial charge is 0.355 e. The molecule has 0 spiro atoms. The molecule has 1 unspecified atom stereocenters. The lowest BCUT2D eigenvalue weighted by molar-refractivity contribution is 0.355. The second-order valence-electron chi connectivity index (χ2n) is 4.53. The van der Waals surface area contributed by atoms with E-state index in [4.69, 9.17) is 11.6 Å². The van der Waals surface area contributed by atoms with Crippen molar-refractivity contribution in [3.05, 3.63) is 17.5 Å². The number of aromatic nitrogens is 2. The Bertz CT molecular complexity index is 338. The minimum Gasteiger partial charge on any atom is -0.355 e. The van der Waals surface area contributed by atoms with Gasteiger partial charge in [0.05, 0.1) is 12.4 Å². The highest BCUT2D eigenvalue weighted by Crippen LogP contribution is 2.34. The van der Waals surface area contributed by atoms with Crippen molar-refractivity contribution >= 4 is 17.4 Å². The lowest BCUT2D eigenvalue weighted by Gasteiger charge is -2.23. The molecule has 0 N–H and O–H groups in total. The molecular weight excluding hydrogens is 210 g/mol. The van der Waals surface area contributed by atoms with Gasteiger partial charge in [-0.05, 0) is 18.3 Å². The summed E-state index contributed by atoms with van der Waals surface area (Å²) in [5, 5.41) is 0.455. The Labute approximate surface area is 95.5 Å². The minimum absolute atomic E-state index is 0.432. The third-order valence-electron chi connectivity index (χ3n) is 3.34. The third kappa shape index (κ3) is 2.23. The Morgan fingerprint density at radius 1 is 1.47 bits per heavy atom. The zero-order valence-corrected chi connectivity index (χ0v) is 9.96. The summed E-state index contributed by atoms with van der Waals surface area (Å²) in [5.41, 5.74) is 0.432. The molecule has 0 aliphatic carbocycles. The van der Waals surface area contributed by atoms with Gasteiger partial charge in [0.2, 0.25) is 0 Å². The monoisotopic (exact) mass is 225 g/mol. The van der Waals surface area contributed by atoms with Crippen molar-refractivity contribution in [1.29, 1.82) is 0 Å². The molecule has 4 heteroatoms. The van der Waals surface area contributed by atoms with Crippen LogP contribution in [0.2, 0.25) is 5.15 Å². The van der Waals surface area contributed by atoms with Crippen LogP contribution in [0.25, 0.3) is 0 Å². The van der Waals surface area contributed by atoms with Gasteiger partial charge >= 0.3 is 0 Å². The summed E-state index contributed by atoms with van der Waals surface area (Å²) in [6, 6.07) is 0. The SMILES string of the molecule is CCC1(C)CCN(c2cnc(Cl)cn2)C1. The number of hydrogen-bond donors (Lipinski definition) is 0. The highest BCUT2D eigenvalue weighted by molar-refractivity contribution is 6.29. The molecule has 2 heterocycles. The van der Waals surface area contributed by atoms with E-state index in [9.17, 15) is 0 Å². The molecule has 2 rings (SSSR count). The van der Waals surface area contributed by atoms with Crippen molar-refractivity contribution in [3.63, 3.8) is 0 Å². The van der Waals surface area contributed by atoms with Gasteiger partial charge in [-0.3, -0.25) is 0 Å². The van der Waals surface area contributed by atoms with Gasteiger partial charge in [0.25, 0.3) is 0 Å². The van der Waals surface area contributed by atoms with Crippen molar-refractivity contribution in [1.82, 2.24) is 9.97 Å². The Kier molecular flexibility index (Phi) is 2.83. The van der Waals surface area contributed by atoms with Crippen molar-refractivity contribution in [2.24, 2.45) is 5.41 Å². The van der Waals surface area contributed by atoms with Crippen LogP contribution >= 0.6 is 11.6 Å². The molecule has 0 bridgehead atoms. The second-order valence-corrected chi connectivity index (χ2v) is 4.92. The summed E-state index contributed by atoms with van der Waals surface area (Å²) < 4.78 is 0. The first-order chi connectivity index (χ1) is 7.13. The number of hydrogen-bond acceptors (Lipinski definition) is 3. The van der Waals surface area contributed by atoms with E-state index in [1.54, 1.807) is 12.4 Å². The Morgan fingerprint density at radius 2 is 2.27 bits per heavy atom. The number of rotatable bonds is 2. The average Bonchev–Trinajstić information content (AvgIpc) is 2.63. The molecule has 3 nitrogen and oxygen atoms in total. The van der Waals surface area contributed by atoms with Crippen LogP contribution in [-0.4, -0.2) is 23.1 Å². The van der Waals surface area contributed by atoms with E-state index < -0.39 is 0 Å². The minimum atomic E-state index is 0.432. The molecule has 82 valence electrons. The number of anilines is 1. The van der Waals surface area contributed by atoms with E-state index in [1.807, 2.05) is 0 Å². The van der Waals surface area contributed by atoms with E-state index in [-0.39, 0.29) is 0 Å². The topological polar surface area (TPSA) is 29.0 Å². The smallest absolute Gasteiger partial charge is 0.147 e. The fourth-order valence-corrected chi connectivity index (χ4v) is 2.07. The highest BCUT2D eigenvalue weighted by atomic mass is 35.5. The fraction of sp³-hybridized carbons (Fsp3) is 0.636. The van der Waals surface area contributed by atoms with Gasteiger partial charge in [-0.15, -0.1) is 0 Å². The molecule has 0 radical (unpaired) electrons. The predicted octanol–water partition coefficient (Wildman–Crippen LogP) is 2.76. The predicted molar refractivity (Wildman–Crippen MR) is 62.3 cm³/mol. The molecule has 1 aliphatic rings. The van der Waals surface area contributed by atoms with Crippen LogP contribution in [0.1, 0.15) is 26.7 Å². The zero-order chi connectivity index (χ0) is 10.9. The highest BCUT2D eigenvalue weighted by Gasteiger charge is 2.32. The summed E-state index contributed by atoms with van der Waals surface area (Å²) in [6.07, 6.45) is 5.81. The molecule has 1 fully saturated rings. The van der Waals surface area contributed by atoms with Crippen LogP contribution in [0.15, 0.2) is 12.4 Å². The Balaban J connectivity index is 2.11. The van der Waals surface area contributed by atoms with Crippen LogP contribution in [0.5, 0.6) is 0 Å². The first-order valence-electron chi connectivity index (χ1n) is 5.35. The standard InChI is InChI=1S/C11H16ClN3/c1-3-11(2)4-5-15(8-11)10-7-13-9(12)6-14-10/h6-7H,3-5,8H2,1-2H3. The van der Waals surface area contributed by atoms with Crippen LogP contribution < -0.4 is 4.90 Å². The van der Waals surface area contributed by atoms with Gasteiger partial charge in [0.15, 0.2) is 0 Å². The van der Waals surface area contributed by atoms with Crippen molar-refractivity contribution in [2.75, 3.05) is 18.0 Å². The molecule has 1 saturated heterocycles. The summed E-state index contributed by atoms with van der Waals surface area (Å²) in [6.45, 7) is 6.72. The summed E-state index contributed by atoms with van der Waals surface area (Å²) >= 11 is 5.71. The maximum Gasteiger partial charge on any atom is 0.147 e. The van der Waals surface area contributed by atoms with Crippen LogP contribution in [0.4, 0.5) is 5.82 Å². The number of nitrogens with zero attached hydrogens (tertiary/aromatic N) is 3. The van der Waals surface area contributed by atoms with Gasteiger partial charge in [0, 0.05) is 13.1 Å². The second kappa shape index (κ2) is 3.97. The van der Waals surface area contributed by atoms with Gasteiger partial charge in [-0.2, -0.15) is 0 Å². The quantitative estimate of drug-likeness (QED) is 0.775. The van der Waals surface area contributed by atoms with E-state index in [1.165, 1.54) is 12.8 Å². The molecule has 0 amide bonds. The summed E-state index contributed by atoms with van der Waals surface area (Å²) in [7, 11) is 0. The molecule has 1 atom stereocenters. The first-order valence-corrected chi connectivity index (χ1v) is 5.73. The van der Waals surface area contributed by atoms with Crippen LogP contribution in [-0.2, 0) is 0 Å². The maximum atomic E-state index is 5.71. The number of halogens is 1. The maximum absolute atomic E-state index is 5.71. The van der Waals surface area contributed by atoms with Gasteiger partial charge in [-0.25, -0.2) is 9.97 Å². The van der Waals surface area contributed by atoms with E-state index in [2.05, 4.69) is 28.7 Å².